The van der Waals surface area contributed by atoms with E-state index in [0.29, 0.717) is 22.5 Å². The molecule has 0 bridgehead atoms. The number of benzene rings is 2. The highest BCUT2D eigenvalue weighted by molar-refractivity contribution is 8.00. The smallest absolute Gasteiger partial charge is 0.271 e. The van der Waals surface area contributed by atoms with Crippen molar-refractivity contribution in [3.05, 3.63) is 72.1 Å². The zero-order valence-corrected chi connectivity index (χ0v) is 18.7. The molecule has 0 fully saturated rings. The SMILES string of the molecule is Cc1cc(C)n(-c2nnc(SC(C)C(=O)Nc3ccc(Oc4ccccc4)cc3)n2N)n1. The van der Waals surface area contributed by atoms with E-state index in [0.717, 1.165) is 17.1 Å². The molecule has 2 aromatic heterocycles. The highest BCUT2D eigenvalue weighted by atomic mass is 32.2. The van der Waals surface area contributed by atoms with Gasteiger partial charge in [0.25, 0.3) is 5.95 Å². The van der Waals surface area contributed by atoms with Gasteiger partial charge in [0, 0.05) is 11.4 Å². The van der Waals surface area contributed by atoms with E-state index in [9.17, 15) is 4.79 Å². The van der Waals surface area contributed by atoms with Crippen LogP contribution in [0.25, 0.3) is 5.95 Å². The molecule has 1 amide bonds. The number of aryl methyl sites for hydroxylation is 2. The van der Waals surface area contributed by atoms with Crippen LogP contribution in [-0.2, 0) is 4.79 Å². The molecule has 32 heavy (non-hydrogen) atoms. The molecule has 1 unspecified atom stereocenters. The molecule has 0 aliphatic rings. The second-order valence-electron chi connectivity index (χ2n) is 7.18. The third-order valence-corrected chi connectivity index (χ3v) is 5.65. The lowest BCUT2D eigenvalue weighted by Crippen LogP contribution is -2.24. The van der Waals surface area contributed by atoms with Gasteiger partial charge in [-0.25, -0.2) is 9.36 Å². The van der Waals surface area contributed by atoms with Crippen molar-refractivity contribution >= 4 is 23.4 Å². The fraction of sp³-hybridized carbons (Fsp3) is 0.182. The maximum Gasteiger partial charge on any atom is 0.271 e. The van der Waals surface area contributed by atoms with Crippen molar-refractivity contribution < 1.29 is 9.53 Å². The molecule has 0 spiro atoms. The summed E-state index contributed by atoms with van der Waals surface area (Å²) in [6.07, 6.45) is 0. The number of anilines is 1. The first kappa shape index (κ1) is 21.4. The maximum absolute atomic E-state index is 12.7. The van der Waals surface area contributed by atoms with Gasteiger partial charge in [0.05, 0.1) is 10.9 Å². The average molecular weight is 450 g/mol. The molecular weight excluding hydrogens is 426 g/mol. The summed E-state index contributed by atoms with van der Waals surface area (Å²) >= 11 is 1.22. The van der Waals surface area contributed by atoms with Gasteiger partial charge in [-0.15, -0.1) is 10.2 Å². The minimum absolute atomic E-state index is 0.178. The normalized spacial score (nSPS) is 11.8. The Labute approximate surface area is 189 Å². The number of aromatic nitrogens is 5. The molecule has 0 aliphatic carbocycles. The number of nitrogen functional groups attached to an aromatic ring is 1. The van der Waals surface area contributed by atoms with Gasteiger partial charge in [-0.3, -0.25) is 4.79 Å². The van der Waals surface area contributed by atoms with Gasteiger partial charge >= 0.3 is 0 Å². The van der Waals surface area contributed by atoms with E-state index in [-0.39, 0.29) is 5.91 Å². The van der Waals surface area contributed by atoms with E-state index in [4.69, 9.17) is 10.6 Å². The second-order valence-corrected chi connectivity index (χ2v) is 8.49. The number of ether oxygens (including phenoxy) is 1. The lowest BCUT2D eigenvalue weighted by Gasteiger charge is -2.12. The third-order valence-electron chi connectivity index (χ3n) is 4.60. The molecule has 0 saturated carbocycles. The van der Waals surface area contributed by atoms with E-state index in [1.54, 1.807) is 35.9 Å². The topological polar surface area (TPSA) is 113 Å². The first-order valence-electron chi connectivity index (χ1n) is 9.95. The van der Waals surface area contributed by atoms with Crippen LogP contribution < -0.4 is 15.9 Å². The van der Waals surface area contributed by atoms with Gasteiger partial charge in [0.1, 0.15) is 11.5 Å². The van der Waals surface area contributed by atoms with Crippen LogP contribution in [0.4, 0.5) is 5.69 Å². The predicted molar refractivity (Wildman–Crippen MR) is 124 cm³/mol. The van der Waals surface area contributed by atoms with E-state index >= 15 is 0 Å². The Hall–Kier alpha value is -3.79. The lowest BCUT2D eigenvalue weighted by atomic mass is 10.3. The van der Waals surface area contributed by atoms with Crippen LogP contribution in [0, 0.1) is 13.8 Å². The van der Waals surface area contributed by atoms with Crippen molar-refractivity contribution in [3.63, 3.8) is 0 Å². The van der Waals surface area contributed by atoms with Gasteiger partial charge in [-0.1, -0.05) is 30.0 Å². The van der Waals surface area contributed by atoms with Crippen molar-refractivity contribution in [2.45, 2.75) is 31.2 Å². The number of carbonyl (C=O) groups is 1. The third kappa shape index (κ3) is 4.75. The van der Waals surface area contributed by atoms with Crippen molar-refractivity contribution in [2.24, 2.45) is 0 Å². The molecule has 0 radical (unpaired) electrons. The van der Waals surface area contributed by atoms with E-state index in [1.165, 1.54) is 16.4 Å². The summed E-state index contributed by atoms with van der Waals surface area (Å²) in [5.41, 5.74) is 2.41. The van der Waals surface area contributed by atoms with Gasteiger partial charge in [-0.2, -0.15) is 5.10 Å². The Morgan fingerprint density at radius 3 is 2.41 bits per heavy atom. The summed E-state index contributed by atoms with van der Waals surface area (Å²) < 4.78 is 8.73. The van der Waals surface area contributed by atoms with Gasteiger partial charge < -0.3 is 15.9 Å². The van der Waals surface area contributed by atoms with Crippen LogP contribution in [0.5, 0.6) is 11.5 Å². The Balaban J connectivity index is 1.38. The fourth-order valence-electron chi connectivity index (χ4n) is 3.01. The quantitative estimate of drug-likeness (QED) is 0.327. The molecule has 164 valence electrons. The van der Waals surface area contributed by atoms with Crippen molar-refractivity contribution in [1.82, 2.24) is 24.7 Å². The molecule has 2 heterocycles. The van der Waals surface area contributed by atoms with Crippen molar-refractivity contribution in [2.75, 3.05) is 11.2 Å². The van der Waals surface area contributed by atoms with Crippen LogP contribution in [-0.4, -0.2) is 35.8 Å². The monoisotopic (exact) mass is 449 g/mol. The molecule has 9 nitrogen and oxygen atoms in total. The number of rotatable bonds is 7. The number of hydrogen-bond acceptors (Lipinski definition) is 7. The van der Waals surface area contributed by atoms with Gasteiger partial charge in [-0.05, 0) is 63.2 Å². The number of para-hydroxylation sites is 1. The molecule has 0 aliphatic heterocycles. The van der Waals surface area contributed by atoms with E-state index in [2.05, 4.69) is 20.6 Å². The average Bonchev–Trinajstić information content (AvgIpc) is 3.30. The van der Waals surface area contributed by atoms with Gasteiger partial charge in [0.2, 0.25) is 11.1 Å². The van der Waals surface area contributed by atoms with Crippen LogP contribution in [0.3, 0.4) is 0 Å². The summed E-state index contributed by atoms with van der Waals surface area (Å²) in [5, 5.41) is 15.5. The minimum Gasteiger partial charge on any atom is -0.457 e. The number of hydrogen-bond donors (Lipinski definition) is 2. The van der Waals surface area contributed by atoms with Crippen molar-refractivity contribution in [1.29, 1.82) is 0 Å². The summed E-state index contributed by atoms with van der Waals surface area (Å²) in [4.78, 5) is 12.7. The van der Waals surface area contributed by atoms with Crippen LogP contribution in [0.1, 0.15) is 18.3 Å². The molecule has 4 aromatic rings. The molecule has 1 atom stereocenters. The Morgan fingerprint density at radius 1 is 1.06 bits per heavy atom. The summed E-state index contributed by atoms with van der Waals surface area (Å²) in [7, 11) is 0. The lowest BCUT2D eigenvalue weighted by molar-refractivity contribution is -0.115. The zero-order valence-electron chi connectivity index (χ0n) is 17.9. The number of nitrogens with two attached hydrogens (primary N) is 1. The number of nitrogens with zero attached hydrogens (tertiary/aromatic N) is 5. The molecule has 10 heteroatoms. The molecule has 3 N–H and O–H groups in total. The molecular formula is C22H23N7O2S. The fourth-order valence-corrected chi connectivity index (χ4v) is 3.78. The molecule has 4 rings (SSSR count). The molecule has 0 saturated heterocycles. The minimum atomic E-state index is -0.449. The highest BCUT2D eigenvalue weighted by Crippen LogP contribution is 2.25. The zero-order chi connectivity index (χ0) is 22.7. The summed E-state index contributed by atoms with van der Waals surface area (Å²) in [6, 6.07) is 18.6. The summed E-state index contributed by atoms with van der Waals surface area (Å²) in [5.74, 6) is 7.80. The second kappa shape index (κ2) is 9.15. The van der Waals surface area contributed by atoms with E-state index in [1.807, 2.05) is 50.2 Å². The largest absolute Gasteiger partial charge is 0.457 e. The first-order chi connectivity index (χ1) is 15.4. The summed E-state index contributed by atoms with van der Waals surface area (Å²) in [6.45, 7) is 5.58. The Kier molecular flexibility index (Phi) is 6.13. The standard InChI is InChI=1S/C22H23N7O2S/c1-14-13-15(2)29(27-14)21-25-26-22(28(21)23)32-16(3)20(30)24-17-9-11-19(12-10-17)31-18-7-5-4-6-8-18/h4-13,16H,23H2,1-3H3,(H,24,30). The Morgan fingerprint density at radius 2 is 1.75 bits per heavy atom. The van der Waals surface area contributed by atoms with Crippen LogP contribution in [0.15, 0.2) is 65.8 Å². The Bertz CT molecular complexity index is 1220. The first-order valence-corrected chi connectivity index (χ1v) is 10.8. The van der Waals surface area contributed by atoms with Crippen LogP contribution >= 0.6 is 11.8 Å². The number of nitrogens with one attached hydrogen (secondary N) is 1. The number of carbonyl (C=O) groups excluding carboxylic acids is 1. The predicted octanol–water partition coefficient (Wildman–Crippen LogP) is 3.71. The van der Waals surface area contributed by atoms with Crippen molar-refractivity contribution in [3.8, 4) is 17.4 Å². The maximum atomic E-state index is 12.7. The number of amides is 1. The molecule has 2 aromatic carbocycles. The number of thioether (sulfide) groups is 1. The highest BCUT2D eigenvalue weighted by Gasteiger charge is 2.21. The van der Waals surface area contributed by atoms with E-state index < -0.39 is 5.25 Å². The van der Waals surface area contributed by atoms with Gasteiger partial charge in [0.15, 0.2) is 0 Å². The van der Waals surface area contributed by atoms with Crippen LogP contribution in [0.2, 0.25) is 0 Å².